The third-order valence-corrected chi connectivity index (χ3v) is 10.0. The molecule has 3 heterocycles. The number of nitrogens with one attached hydrogen (secondary N) is 1. The Morgan fingerprint density at radius 3 is 2.78 bits per heavy atom. The van der Waals surface area contributed by atoms with Crippen molar-refractivity contribution in [3.63, 3.8) is 0 Å². The number of rotatable bonds is 5. The summed E-state index contributed by atoms with van der Waals surface area (Å²) >= 11 is 3.11. The lowest BCUT2D eigenvalue weighted by Gasteiger charge is -2.39. The number of thioether (sulfide) groups is 1. The van der Waals surface area contributed by atoms with E-state index in [-0.39, 0.29) is 23.2 Å². The minimum absolute atomic E-state index is 0.0139. The molecule has 6 rings (SSSR count). The number of fused-ring (bicyclic) bond motifs is 6. The molecule has 1 amide bonds. The van der Waals surface area contributed by atoms with Gasteiger partial charge in [0, 0.05) is 10.9 Å². The van der Waals surface area contributed by atoms with Crippen molar-refractivity contribution < 1.29 is 13.9 Å². The minimum atomic E-state index is -0.205. The van der Waals surface area contributed by atoms with Crippen LogP contribution in [0.4, 0.5) is 5.69 Å². The van der Waals surface area contributed by atoms with E-state index in [1.165, 1.54) is 30.6 Å². The van der Waals surface area contributed by atoms with Crippen LogP contribution in [0.25, 0.3) is 0 Å². The van der Waals surface area contributed by atoms with E-state index in [0.29, 0.717) is 28.7 Å². The molecule has 5 atom stereocenters. The molecule has 3 aliphatic rings. The van der Waals surface area contributed by atoms with Gasteiger partial charge in [-0.15, -0.1) is 11.8 Å². The summed E-state index contributed by atoms with van der Waals surface area (Å²) in [6, 6.07) is 11.2. The number of amides is 1. The summed E-state index contributed by atoms with van der Waals surface area (Å²) in [5.41, 5.74) is 0.683. The number of anilines is 1. The first-order chi connectivity index (χ1) is 15.6. The standard InChI is InChI=1S/C24H24N2O4S2/c1-29-16-8-6-15(7-9-16)25-18(27)12-26-23-22(32-24(26)28)20(17-3-2-10-30-17)19-13-4-5-14(11-13)21(19)31-23/h2-3,6-10,13-14,19-21H,4-5,11-12H2,1H3,(H,25,27). The second kappa shape index (κ2) is 7.85. The number of carbonyl (C=O) groups is 1. The van der Waals surface area contributed by atoms with Crippen LogP contribution < -0.4 is 14.9 Å². The molecule has 0 radical (unpaired) electrons. The minimum Gasteiger partial charge on any atom is -0.497 e. The van der Waals surface area contributed by atoms with Gasteiger partial charge in [-0.05, 0) is 73.4 Å². The zero-order chi connectivity index (χ0) is 21.8. The number of methoxy groups -OCH3 is 1. The monoisotopic (exact) mass is 468 g/mol. The molecule has 0 saturated heterocycles. The van der Waals surface area contributed by atoms with E-state index in [2.05, 4.69) is 5.32 Å². The molecular weight excluding hydrogens is 444 g/mol. The third-order valence-electron chi connectivity index (χ3n) is 7.22. The number of carbonyl (C=O) groups excluding carboxylic acids is 1. The van der Waals surface area contributed by atoms with Crippen LogP contribution in [0.3, 0.4) is 0 Å². The van der Waals surface area contributed by atoms with Gasteiger partial charge in [-0.3, -0.25) is 14.2 Å². The maximum atomic E-state index is 13.0. The van der Waals surface area contributed by atoms with E-state index in [9.17, 15) is 9.59 Å². The van der Waals surface area contributed by atoms with E-state index in [4.69, 9.17) is 9.15 Å². The van der Waals surface area contributed by atoms with E-state index < -0.39 is 0 Å². The lowest BCUT2D eigenvalue weighted by molar-refractivity contribution is -0.116. The van der Waals surface area contributed by atoms with Crippen LogP contribution in [0.2, 0.25) is 0 Å². The van der Waals surface area contributed by atoms with Crippen LogP contribution in [-0.2, 0) is 11.3 Å². The number of benzene rings is 1. The van der Waals surface area contributed by atoms with Gasteiger partial charge >= 0.3 is 4.87 Å². The maximum absolute atomic E-state index is 13.0. The second-order valence-electron chi connectivity index (χ2n) is 8.89. The third kappa shape index (κ3) is 3.23. The van der Waals surface area contributed by atoms with Crippen molar-refractivity contribution in [2.75, 3.05) is 12.4 Å². The molecule has 8 heteroatoms. The van der Waals surface area contributed by atoms with Crippen LogP contribution in [0, 0.1) is 17.8 Å². The predicted molar refractivity (Wildman–Crippen MR) is 125 cm³/mol. The van der Waals surface area contributed by atoms with Gasteiger partial charge in [-0.2, -0.15) is 0 Å². The fourth-order valence-corrected chi connectivity index (χ4v) is 9.02. The number of aromatic nitrogens is 1. The van der Waals surface area contributed by atoms with Gasteiger partial charge in [0.25, 0.3) is 0 Å². The summed E-state index contributed by atoms with van der Waals surface area (Å²) in [5, 5.41) is 4.35. The van der Waals surface area contributed by atoms with Crippen LogP contribution in [0.5, 0.6) is 5.75 Å². The number of ether oxygens (including phenoxy) is 1. The summed E-state index contributed by atoms with van der Waals surface area (Å²) in [4.78, 5) is 26.8. The molecule has 1 aromatic carbocycles. The second-order valence-corrected chi connectivity index (χ2v) is 11.0. The van der Waals surface area contributed by atoms with Gasteiger partial charge < -0.3 is 14.5 Å². The van der Waals surface area contributed by atoms with Gasteiger partial charge in [0.1, 0.15) is 18.1 Å². The van der Waals surface area contributed by atoms with Gasteiger partial charge in [-0.1, -0.05) is 11.3 Å². The lowest BCUT2D eigenvalue weighted by Crippen LogP contribution is -2.34. The number of hydrogen-bond donors (Lipinski definition) is 1. The van der Waals surface area contributed by atoms with Crippen LogP contribution >= 0.6 is 23.1 Å². The summed E-state index contributed by atoms with van der Waals surface area (Å²) in [7, 11) is 1.61. The first kappa shape index (κ1) is 20.2. The molecule has 6 nitrogen and oxygen atoms in total. The first-order valence-corrected chi connectivity index (χ1v) is 12.7. The van der Waals surface area contributed by atoms with Gasteiger partial charge in [-0.25, -0.2) is 0 Å². The molecular formula is C24H24N2O4S2. The number of furan rings is 1. The fraction of sp³-hybridized carbons (Fsp3) is 0.417. The number of hydrogen-bond acceptors (Lipinski definition) is 6. The van der Waals surface area contributed by atoms with Gasteiger partial charge in [0.15, 0.2) is 0 Å². The molecule has 2 aliphatic carbocycles. The van der Waals surface area contributed by atoms with Crippen molar-refractivity contribution in [2.24, 2.45) is 17.8 Å². The Kier molecular flexibility index (Phi) is 4.95. The Balaban J connectivity index is 1.32. The topological polar surface area (TPSA) is 73.5 Å². The Morgan fingerprint density at radius 2 is 2.03 bits per heavy atom. The van der Waals surface area contributed by atoms with E-state index in [1.54, 1.807) is 42.2 Å². The Bertz CT molecular complexity index is 1200. The summed E-state index contributed by atoms with van der Waals surface area (Å²) in [6.07, 6.45) is 5.54. The van der Waals surface area contributed by atoms with Gasteiger partial charge in [0.2, 0.25) is 5.91 Å². The molecule has 1 N–H and O–H groups in total. The molecule has 3 aromatic rings. The highest BCUT2D eigenvalue weighted by molar-refractivity contribution is 8.00. The SMILES string of the molecule is COc1ccc(NC(=O)Cn2c3c(sc2=O)C(c2ccco2)C2C4CCC(C4)C2S3)cc1. The average Bonchev–Trinajstić information content (AvgIpc) is 3.59. The normalized spacial score (nSPS) is 27.7. The van der Waals surface area contributed by atoms with Crippen molar-refractivity contribution in [3.8, 4) is 5.75 Å². The van der Waals surface area contributed by atoms with Crippen molar-refractivity contribution in [1.82, 2.24) is 4.57 Å². The molecule has 2 fully saturated rings. The molecule has 2 saturated carbocycles. The summed E-state index contributed by atoms with van der Waals surface area (Å²) < 4.78 is 12.7. The molecule has 5 unspecified atom stereocenters. The highest BCUT2D eigenvalue weighted by atomic mass is 32.2. The van der Waals surface area contributed by atoms with Gasteiger partial charge in [0.05, 0.1) is 29.2 Å². The zero-order valence-corrected chi connectivity index (χ0v) is 19.3. The summed E-state index contributed by atoms with van der Waals surface area (Å²) in [6.45, 7) is 0.0139. The quantitative estimate of drug-likeness (QED) is 0.582. The van der Waals surface area contributed by atoms with Crippen LogP contribution in [0.15, 0.2) is 56.9 Å². The largest absolute Gasteiger partial charge is 0.497 e. The first-order valence-electron chi connectivity index (χ1n) is 11.0. The van der Waals surface area contributed by atoms with Crippen molar-refractivity contribution in [3.05, 3.63) is 63.0 Å². The predicted octanol–water partition coefficient (Wildman–Crippen LogP) is 4.80. The molecule has 32 heavy (non-hydrogen) atoms. The smallest absolute Gasteiger partial charge is 0.308 e. The molecule has 166 valence electrons. The molecule has 2 aromatic heterocycles. The van der Waals surface area contributed by atoms with Crippen molar-refractivity contribution in [1.29, 1.82) is 0 Å². The summed E-state index contributed by atoms with van der Waals surface area (Å²) in [5.74, 6) is 3.49. The van der Waals surface area contributed by atoms with Crippen molar-refractivity contribution >= 4 is 34.7 Å². The maximum Gasteiger partial charge on any atom is 0.308 e. The van der Waals surface area contributed by atoms with E-state index in [0.717, 1.165) is 21.4 Å². The average molecular weight is 469 g/mol. The Hall–Kier alpha value is -2.45. The highest BCUT2D eigenvalue weighted by Gasteiger charge is 2.55. The molecule has 0 spiro atoms. The Labute approximate surface area is 194 Å². The number of nitrogens with zero attached hydrogens (tertiary/aromatic N) is 1. The fourth-order valence-electron chi connectivity index (χ4n) is 5.89. The number of thiazole rings is 1. The van der Waals surface area contributed by atoms with E-state index in [1.807, 2.05) is 23.9 Å². The van der Waals surface area contributed by atoms with Crippen LogP contribution in [-0.4, -0.2) is 22.8 Å². The molecule has 1 aliphatic heterocycles. The van der Waals surface area contributed by atoms with Crippen molar-refractivity contribution in [2.45, 2.75) is 42.0 Å². The van der Waals surface area contributed by atoms with E-state index >= 15 is 0 Å². The molecule has 2 bridgehead atoms. The highest BCUT2D eigenvalue weighted by Crippen LogP contribution is 2.64. The lowest BCUT2D eigenvalue weighted by atomic mass is 9.77. The Morgan fingerprint density at radius 1 is 1.22 bits per heavy atom. The van der Waals surface area contributed by atoms with Crippen LogP contribution in [0.1, 0.15) is 35.8 Å². The zero-order valence-electron chi connectivity index (χ0n) is 17.7.